The van der Waals surface area contributed by atoms with Crippen molar-refractivity contribution >= 4 is 70.9 Å². The van der Waals surface area contributed by atoms with E-state index in [4.69, 9.17) is 9.47 Å². The van der Waals surface area contributed by atoms with Crippen LogP contribution in [0.3, 0.4) is 0 Å². The number of fused-ring (bicyclic) bond motifs is 3. The lowest BCUT2D eigenvalue weighted by Crippen LogP contribution is -2.71. The van der Waals surface area contributed by atoms with Crippen LogP contribution in [0, 0.1) is 40.9 Å². The lowest BCUT2D eigenvalue weighted by molar-refractivity contribution is -0.219. The molecule has 4 aliphatic carbocycles. The molecule has 3 aliphatic heterocycles. The molecule has 2 unspecified atom stereocenters. The molecule has 1 spiro atoms. The molecule has 3 N–H and O–H groups in total. The van der Waals surface area contributed by atoms with Gasteiger partial charge in [0.25, 0.3) is 0 Å². The summed E-state index contributed by atoms with van der Waals surface area (Å²) in [6, 6.07) is -11.8. The predicted octanol–water partition coefficient (Wildman–Crippen LogP) is 7.15. The highest BCUT2D eigenvalue weighted by Gasteiger charge is 2.60. The number of rotatable bonds is 17. The zero-order valence-corrected chi connectivity index (χ0v) is 68.4. The molecule has 3 heterocycles. The summed E-state index contributed by atoms with van der Waals surface area (Å²) in [5.41, 5.74) is -2.39. The molecule has 26 nitrogen and oxygen atoms in total. The molecule has 6 fully saturated rings. The van der Waals surface area contributed by atoms with E-state index < -0.39 is 242 Å². The minimum absolute atomic E-state index is 0.00240. The molecular formula is C79H124F8N12O14. The van der Waals surface area contributed by atoms with Gasteiger partial charge in [0.05, 0.1) is 38.1 Å². The molecule has 0 radical (unpaired) electrons. The minimum Gasteiger partial charge on any atom is -0.379 e. The molecule has 12 amide bonds. The summed E-state index contributed by atoms with van der Waals surface area (Å²) in [6.07, 6.45) is -13.6. The summed E-state index contributed by atoms with van der Waals surface area (Å²) in [4.78, 5) is 194. The fourth-order valence-corrected chi connectivity index (χ4v) is 18.2. The normalized spacial score (nSPS) is 31.5. The van der Waals surface area contributed by atoms with Gasteiger partial charge in [-0.15, -0.1) is 0 Å². The van der Waals surface area contributed by atoms with Crippen LogP contribution in [0.25, 0.3) is 0 Å². The number of hydrogen-bond acceptors (Lipinski definition) is 14. The van der Waals surface area contributed by atoms with E-state index in [0.717, 1.165) is 29.4 Å². The number of amides is 12. The van der Waals surface area contributed by atoms with Crippen molar-refractivity contribution in [1.82, 2.24) is 60.0 Å². The van der Waals surface area contributed by atoms with Crippen LogP contribution in [-0.4, -0.2) is 301 Å². The molecule has 34 heteroatoms. The Morgan fingerprint density at radius 1 is 0.646 bits per heavy atom. The van der Waals surface area contributed by atoms with Crippen molar-refractivity contribution in [1.29, 1.82) is 0 Å². The van der Waals surface area contributed by atoms with Crippen LogP contribution in [0.4, 0.5) is 35.1 Å². The van der Waals surface area contributed by atoms with Gasteiger partial charge in [-0.25, -0.2) is 8.78 Å². The standard InChI is InChI=1S/C79H124F8N12O14/c1-15-35-112-44-60-67(103)89-65(47(6)16-2)73(109)92(10)43-63(102)93(11)56-27-21-20-24-34-98(72(56)108)59(38-48-28-31-51(32-29-48)78(82,83)84)70(106)91(9)42-61(100)88-55(33-30-49-36-53(80)64(54(81)37-49)79(85,86)87)69(105)99-41-52(113-19-5)39-57(99)68(104)90-77(45-76(7,8)46-77)75(111)96(14)66(50-25-22-23-26-50)74(110)95(13)58(40-62(101)94(60)12)71(107)97(17-3)18-4/h20-21,47-60,64-66H,15-19,22-46H2,1-14H3,(H,88,100)(H,89,103)(H,90,104)/b21-20-/t47-,48?,49?,51?,52+,53?,54?,55-,56-,57-,58-,59-,60-,64?,65-,66-/m0/s1. The first-order valence-electron chi connectivity index (χ1n) is 40.6. The summed E-state index contributed by atoms with van der Waals surface area (Å²) in [5, 5.41) is 8.45. The Hall–Kier alpha value is -7.26. The molecular weight excluding hydrogens is 1490 g/mol. The molecule has 0 aromatic rings. The van der Waals surface area contributed by atoms with Crippen molar-refractivity contribution < 1.29 is 102 Å². The van der Waals surface area contributed by atoms with E-state index in [1.54, 1.807) is 46.8 Å². The molecule has 2 saturated heterocycles. The number of halogens is 8. The lowest BCUT2D eigenvalue weighted by Gasteiger charge is -2.54. The summed E-state index contributed by atoms with van der Waals surface area (Å²) in [5.74, 6) is -17.1. The average molecular weight is 1620 g/mol. The van der Waals surface area contributed by atoms with Gasteiger partial charge in [0.1, 0.15) is 72.1 Å². The van der Waals surface area contributed by atoms with E-state index in [-0.39, 0.29) is 110 Å². The zero-order valence-electron chi connectivity index (χ0n) is 68.4. The fraction of sp³-hybridized carbons (Fsp3) is 0.823. The highest BCUT2D eigenvalue weighted by atomic mass is 19.4. The van der Waals surface area contributed by atoms with Crippen molar-refractivity contribution in [2.24, 2.45) is 40.9 Å². The second-order valence-corrected chi connectivity index (χ2v) is 33.5. The number of alkyl halides is 8. The molecule has 7 aliphatic rings. The van der Waals surface area contributed by atoms with Gasteiger partial charge >= 0.3 is 12.4 Å². The van der Waals surface area contributed by atoms with E-state index in [0.29, 0.717) is 38.5 Å². The molecule has 4 saturated carbocycles. The third-order valence-corrected chi connectivity index (χ3v) is 24.8. The van der Waals surface area contributed by atoms with E-state index in [1.165, 1.54) is 57.0 Å². The Bertz CT molecular complexity index is 3350. The topological polar surface area (TPSA) is 289 Å². The van der Waals surface area contributed by atoms with Gasteiger partial charge < -0.3 is 69.5 Å². The summed E-state index contributed by atoms with van der Waals surface area (Å²) in [6.45, 7) is 12.2. The molecule has 7 rings (SSSR count). The van der Waals surface area contributed by atoms with Crippen molar-refractivity contribution in [2.45, 2.75) is 275 Å². The van der Waals surface area contributed by atoms with Crippen molar-refractivity contribution in [2.75, 3.05) is 101 Å². The van der Waals surface area contributed by atoms with Crippen molar-refractivity contribution in [3.8, 4) is 0 Å². The first kappa shape index (κ1) is 92.9. The van der Waals surface area contributed by atoms with Crippen LogP contribution in [0.1, 0.15) is 190 Å². The first-order chi connectivity index (χ1) is 53.0. The number of nitrogens with one attached hydrogen (secondary N) is 3. The van der Waals surface area contributed by atoms with Gasteiger partial charge in [-0.3, -0.25) is 57.5 Å². The van der Waals surface area contributed by atoms with E-state index in [1.807, 2.05) is 20.8 Å². The number of carbonyl (C=O) groups excluding carboxylic acids is 12. The predicted molar refractivity (Wildman–Crippen MR) is 401 cm³/mol. The van der Waals surface area contributed by atoms with Crippen LogP contribution in [0.15, 0.2) is 12.2 Å². The Kier molecular flexibility index (Phi) is 32.9. The van der Waals surface area contributed by atoms with Gasteiger partial charge in [0, 0.05) is 88.1 Å². The molecule has 2 bridgehead atoms. The van der Waals surface area contributed by atoms with Gasteiger partial charge in [-0.1, -0.05) is 66.0 Å². The van der Waals surface area contributed by atoms with Crippen LogP contribution in [-0.2, 0) is 67.0 Å². The van der Waals surface area contributed by atoms with Gasteiger partial charge in [0.2, 0.25) is 70.9 Å². The second-order valence-electron chi connectivity index (χ2n) is 33.5. The number of ether oxygens (including phenoxy) is 2. The van der Waals surface area contributed by atoms with E-state index in [9.17, 15) is 45.5 Å². The number of hydrogen-bond donors (Lipinski definition) is 3. The smallest absolute Gasteiger partial charge is 0.379 e. The Morgan fingerprint density at radius 2 is 1.27 bits per heavy atom. The van der Waals surface area contributed by atoms with Crippen LogP contribution in [0.2, 0.25) is 0 Å². The monoisotopic (exact) mass is 1620 g/mol. The maximum Gasteiger partial charge on any atom is 0.397 e. The highest BCUT2D eigenvalue weighted by Crippen LogP contribution is 2.50. The average Bonchev–Trinajstić information content (AvgIpc) is 1.45. The molecule has 113 heavy (non-hydrogen) atoms. The highest BCUT2D eigenvalue weighted by molar-refractivity contribution is 6.01. The van der Waals surface area contributed by atoms with Crippen LogP contribution < -0.4 is 16.0 Å². The van der Waals surface area contributed by atoms with Crippen LogP contribution >= 0.6 is 0 Å². The molecule has 0 aromatic heterocycles. The molecule has 12 atom stereocenters. The first-order valence-corrected chi connectivity index (χ1v) is 40.6. The van der Waals surface area contributed by atoms with Crippen LogP contribution in [0.5, 0.6) is 0 Å². The number of nitrogens with zero attached hydrogens (tertiary/aromatic N) is 9. The third-order valence-electron chi connectivity index (χ3n) is 24.8. The van der Waals surface area contributed by atoms with Crippen molar-refractivity contribution in [3.63, 3.8) is 0 Å². The number of carbonyl (C=O) groups is 12. The Labute approximate surface area is 659 Å². The Morgan fingerprint density at radius 3 is 1.83 bits per heavy atom. The minimum atomic E-state index is -5.23. The Balaban J connectivity index is 1.36. The maximum atomic E-state index is 15.9. The largest absolute Gasteiger partial charge is 0.397 e. The quantitative estimate of drug-likeness (QED) is 0.0741. The van der Waals surface area contributed by atoms with Crippen molar-refractivity contribution in [3.05, 3.63) is 12.2 Å². The zero-order chi connectivity index (χ0) is 84.1. The molecule has 640 valence electrons. The lowest BCUT2D eigenvalue weighted by atomic mass is 9.58. The van der Waals surface area contributed by atoms with E-state index in [2.05, 4.69) is 16.0 Å². The van der Waals surface area contributed by atoms with E-state index >= 15 is 47.1 Å². The second kappa shape index (κ2) is 40.1. The summed E-state index contributed by atoms with van der Waals surface area (Å²) in [7, 11) is 7.95. The molecule has 0 aromatic carbocycles. The summed E-state index contributed by atoms with van der Waals surface area (Å²) >= 11 is 0. The SMILES string of the molecule is CCCOC[C@H]1C(=O)N[C@@H]([C@@H](C)CC)C(=O)N(C)CC(=O)N(C)[C@H]2C/C=C\CCN(C2=O)[C@@H](CC2CCC(C(F)(F)F)CC2)C(=O)N(C)CC(=O)N[C@@H](CCC2CC(F)C(C(F)(F)F)C(F)C2)C(=O)N2C[C@H](OCC)C[C@H]2C(=O)NC2(CC(C)(C)C2)C(=O)N(C)[C@@H](C2CCCC2)C(=O)N(C)[C@H](C(=O)N(CC)CC)CC(=O)N1C. The number of likely N-dealkylation sites (N-methyl/N-ethyl adjacent to an activating group) is 7. The fourth-order valence-electron chi connectivity index (χ4n) is 18.2. The maximum absolute atomic E-state index is 15.9. The third kappa shape index (κ3) is 22.9. The summed E-state index contributed by atoms with van der Waals surface area (Å²) < 4.78 is 128. The van der Waals surface area contributed by atoms with Gasteiger partial charge in [-0.05, 0) is 153 Å². The van der Waals surface area contributed by atoms with Gasteiger partial charge in [-0.2, -0.15) is 26.3 Å². The van der Waals surface area contributed by atoms with Gasteiger partial charge in [0.15, 0.2) is 0 Å².